The number of aromatic nitrogens is 1. The number of carbonyl (C=O) groups excluding carboxylic acids is 3. The Morgan fingerprint density at radius 3 is 2.71 bits per heavy atom. The summed E-state index contributed by atoms with van der Waals surface area (Å²) in [4.78, 5) is 45.3. The maximum Gasteiger partial charge on any atom is 0.357 e. The molecule has 2 aromatic heterocycles. The minimum atomic E-state index is -0.724. The lowest BCUT2D eigenvalue weighted by molar-refractivity contribution is 0.0529. The highest BCUT2D eigenvalue weighted by Crippen LogP contribution is 2.44. The van der Waals surface area contributed by atoms with E-state index < -0.39 is 17.8 Å². The van der Waals surface area contributed by atoms with Gasteiger partial charge in [-0.15, -0.1) is 11.3 Å². The summed E-state index contributed by atoms with van der Waals surface area (Å²) in [7, 11) is 2.79. The third kappa shape index (κ3) is 6.15. The molecular formula is C27H27IN2O6S2. The molecule has 0 saturated heterocycles. The molecule has 8 nitrogen and oxygen atoms in total. The Balaban J connectivity index is 1.90. The number of amides is 1. The molecule has 3 heterocycles. The number of aryl methyl sites for hydroxylation is 1. The number of benzene rings is 1. The molecule has 1 aliphatic rings. The van der Waals surface area contributed by atoms with Crippen LogP contribution in [0.1, 0.15) is 55.1 Å². The van der Waals surface area contributed by atoms with Crippen LogP contribution in [0.4, 0.5) is 0 Å². The molecule has 1 N–H and O–H groups in total. The standard InChI is InChI=1S/C27H27IN2O6S2/c1-4-8-29-25(31)21-6-5-17(23(30-21)27(33)34-3)18-14-22-20(13-19(18)26(32)36-10-11-37-28)24-16(7-9-35-22)12-15(2)38-24/h5-6,12-14H,4,7-11H2,1-3H3,(H,29,31). The van der Waals surface area contributed by atoms with Crippen LogP contribution >= 0.6 is 41.5 Å². The fourth-order valence-corrected chi connectivity index (χ4v) is 5.92. The van der Waals surface area contributed by atoms with E-state index in [0.717, 1.165) is 23.3 Å². The summed E-state index contributed by atoms with van der Waals surface area (Å²) in [5.41, 5.74) is 3.01. The zero-order valence-corrected chi connectivity index (χ0v) is 25.0. The summed E-state index contributed by atoms with van der Waals surface area (Å²) >= 11 is 3.80. The van der Waals surface area contributed by atoms with Crippen LogP contribution < -0.4 is 10.1 Å². The van der Waals surface area contributed by atoms with Gasteiger partial charge in [0.25, 0.3) is 5.91 Å². The predicted molar refractivity (Wildman–Crippen MR) is 158 cm³/mol. The maximum atomic E-state index is 13.4. The number of hydrogen-bond acceptors (Lipinski definition) is 9. The number of hydrogen-bond donors (Lipinski definition) is 1. The van der Waals surface area contributed by atoms with E-state index in [1.165, 1.54) is 23.6 Å². The minimum Gasteiger partial charge on any atom is -0.493 e. The SMILES string of the molecule is CCCNC(=O)c1ccc(-c2cc3c(cc2C(=O)OCCSI)-c2sc(C)cc2CCO3)c(C(=O)OC)n1. The number of esters is 2. The lowest BCUT2D eigenvalue weighted by Gasteiger charge is -2.17. The van der Waals surface area contributed by atoms with Gasteiger partial charge in [0.1, 0.15) is 18.1 Å². The van der Waals surface area contributed by atoms with Gasteiger partial charge in [0.2, 0.25) is 0 Å². The Hall–Kier alpha value is -2.64. The first kappa shape index (κ1) is 28.4. The van der Waals surface area contributed by atoms with Gasteiger partial charge in [-0.3, -0.25) is 4.79 Å². The number of fused-ring (bicyclic) bond motifs is 3. The second kappa shape index (κ2) is 12.9. The molecule has 0 saturated carbocycles. The van der Waals surface area contributed by atoms with Gasteiger partial charge in [0.15, 0.2) is 5.69 Å². The molecule has 0 atom stereocenters. The molecule has 38 heavy (non-hydrogen) atoms. The molecule has 0 spiro atoms. The van der Waals surface area contributed by atoms with Gasteiger partial charge < -0.3 is 19.5 Å². The zero-order chi connectivity index (χ0) is 27.2. The van der Waals surface area contributed by atoms with Gasteiger partial charge in [0, 0.05) is 45.2 Å². The Bertz CT molecular complexity index is 1370. The van der Waals surface area contributed by atoms with E-state index >= 15 is 0 Å². The molecule has 3 aromatic rings. The van der Waals surface area contributed by atoms with Gasteiger partial charge in [-0.2, -0.15) is 0 Å². The van der Waals surface area contributed by atoms with Gasteiger partial charge in [-0.25, -0.2) is 14.6 Å². The first-order chi connectivity index (χ1) is 18.4. The smallest absolute Gasteiger partial charge is 0.357 e. The fraction of sp³-hybridized carbons (Fsp3) is 0.333. The normalized spacial score (nSPS) is 12.0. The van der Waals surface area contributed by atoms with E-state index in [0.29, 0.717) is 35.8 Å². The molecular weight excluding hydrogens is 639 g/mol. The maximum absolute atomic E-state index is 13.4. The van der Waals surface area contributed by atoms with Crippen LogP contribution in [-0.4, -0.2) is 55.5 Å². The van der Waals surface area contributed by atoms with Gasteiger partial charge in [-0.1, -0.05) is 15.9 Å². The van der Waals surface area contributed by atoms with Crippen molar-refractivity contribution in [2.24, 2.45) is 0 Å². The van der Waals surface area contributed by atoms with Crippen LogP contribution in [0.15, 0.2) is 30.3 Å². The largest absolute Gasteiger partial charge is 0.493 e. The first-order valence-corrected chi connectivity index (χ1v) is 16.4. The number of thiophene rings is 1. The number of ether oxygens (including phenoxy) is 3. The van der Waals surface area contributed by atoms with Crippen LogP contribution in [0.3, 0.4) is 0 Å². The molecule has 4 rings (SSSR count). The van der Waals surface area contributed by atoms with Crippen LogP contribution in [0.5, 0.6) is 5.75 Å². The van der Waals surface area contributed by atoms with Crippen LogP contribution in [-0.2, 0) is 15.9 Å². The molecule has 0 fully saturated rings. The second-order valence-corrected chi connectivity index (χ2v) is 12.2. The highest BCUT2D eigenvalue weighted by Gasteiger charge is 2.27. The molecule has 1 aliphatic heterocycles. The average Bonchev–Trinajstić information content (AvgIpc) is 3.22. The van der Waals surface area contributed by atoms with Crippen molar-refractivity contribution in [2.45, 2.75) is 26.7 Å². The number of carbonyl (C=O) groups is 3. The van der Waals surface area contributed by atoms with E-state index in [2.05, 4.69) is 44.5 Å². The molecule has 0 unspecified atom stereocenters. The lowest BCUT2D eigenvalue weighted by atomic mass is 9.94. The van der Waals surface area contributed by atoms with Crippen molar-refractivity contribution in [1.29, 1.82) is 0 Å². The van der Waals surface area contributed by atoms with E-state index in [1.54, 1.807) is 38.5 Å². The predicted octanol–water partition coefficient (Wildman–Crippen LogP) is 5.89. The zero-order valence-electron chi connectivity index (χ0n) is 21.2. The van der Waals surface area contributed by atoms with Crippen LogP contribution in [0.2, 0.25) is 0 Å². The number of rotatable bonds is 9. The molecule has 1 aromatic carbocycles. The topological polar surface area (TPSA) is 104 Å². The van der Waals surface area contributed by atoms with Gasteiger partial charge >= 0.3 is 11.9 Å². The number of nitrogens with zero attached hydrogens (tertiary/aromatic N) is 1. The molecule has 0 radical (unpaired) electrons. The summed E-state index contributed by atoms with van der Waals surface area (Å²) in [6.45, 7) is 5.19. The highest BCUT2D eigenvalue weighted by atomic mass is 127. The number of nitrogens with one attached hydrogen (secondary N) is 1. The molecule has 0 aliphatic carbocycles. The summed E-state index contributed by atoms with van der Waals surface area (Å²) in [5, 5.41) is 2.76. The first-order valence-electron chi connectivity index (χ1n) is 12.1. The monoisotopic (exact) mass is 666 g/mol. The van der Waals surface area contributed by atoms with Crippen molar-refractivity contribution in [3.8, 4) is 27.3 Å². The van der Waals surface area contributed by atoms with E-state index in [4.69, 9.17) is 14.2 Å². The van der Waals surface area contributed by atoms with E-state index in [9.17, 15) is 14.4 Å². The Kier molecular flexibility index (Phi) is 9.66. The number of halogens is 1. The van der Waals surface area contributed by atoms with Crippen LogP contribution in [0, 0.1) is 6.92 Å². The molecule has 200 valence electrons. The fourth-order valence-electron chi connectivity index (χ4n) is 4.15. The summed E-state index contributed by atoms with van der Waals surface area (Å²) < 4.78 is 16.7. The third-order valence-corrected chi connectivity index (χ3v) is 8.64. The minimum absolute atomic E-state index is 0.0743. The van der Waals surface area contributed by atoms with E-state index in [-0.39, 0.29) is 23.6 Å². The molecule has 11 heteroatoms. The quantitative estimate of drug-likeness (QED) is 0.172. The summed E-state index contributed by atoms with van der Waals surface area (Å²) in [6.07, 6.45) is 1.50. The van der Waals surface area contributed by atoms with Crippen LogP contribution in [0.25, 0.3) is 21.6 Å². The van der Waals surface area contributed by atoms with E-state index in [1.807, 2.05) is 6.92 Å². The van der Waals surface area contributed by atoms with Crippen molar-refractivity contribution in [2.75, 3.05) is 32.6 Å². The Morgan fingerprint density at radius 1 is 1.16 bits per heavy atom. The molecule has 0 bridgehead atoms. The van der Waals surface area contributed by atoms with Crippen molar-refractivity contribution in [3.05, 3.63) is 57.7 Å². The molecule has 1 amide bonds. The van der Waals surface area contributed by atoms with Crippen molar-refractivity contribution in [1.82, 2.24) is 10.3 Å². The summed E-state index contributed by atoms with van der Waals surface area (Å²) in [6, 6.07) is 8.80. The number of methoxy groups -OCH3 is 1. The third-order valence-electron chi connectivity index (χ3n) is 5.87. The van der Waals surface area contributed by atoms with Gasteiger partial charge in [0.05, 0.1) is 19.3 Å². The average molecular weight is 667 g/mol. The summed E-state index contributed by atoms with van der Waals surface area (Å²) in [5.74, 6) is -0.405. The Morgan fingerprint density at radius 2 is 1.97 bits per heavy atom. The Labute approximate surface area is 241 Å². The van der Waals surface area contributed by atoms with Crippen molar-refractivity contribution < 1.29 is 28.6 Å². The van der Waals surface area contributed by atoms with Crippen molar-refractivity contribution in [3.63, 3.8) is 0 Å². The lowest BCUT2D eigenvalue weighted by Crippen LogP contribution is -2.26. The second-order valence-electron chi connectivity index (χ2n) is 8.49. The van der Waals surface area contributed by atoms with Gasteiger partial charge in [-0.05, 0) is 70.4 Å². The number of pyridine rings is 1. The highest BCUT2D eigenvalue weighted by molar-refractivity contribution is 14.2. The van der Waals surface area contributed by atoms with Crippen molar-refractivity contribution >= 4 is 59.3 Å².